The van der Waals surface area contributed by atoms with Gasteiger partial charge in [0, 0.05) is 43.0 Å². The van der Waals surface area contributed by atoms with Crippen molar-refractivity contribution in [2.75, 3.05) is 48.8 Å². The molecule has 1 aliphatic heterocycles. The summed E-state index contributed by atoms with van der Waals surface area (Å²) in [6, 6.07) is 12.0. The van der Waals surface area contributed by atoms with E-state index in [1.54, 1.807) is 31.2 Å². The van der Waals surface area contributed by atoms with E-state index in [2.05, 4.69) is 20.9 Å². The number of hydrogen-bond donors (Lipinski definition) is 3. The van der Waals surface area contributed by atoms with Crippen LogP contribution in [0.3, 0.4) is 0 Å². The molecular weight excluding hydrogens is 467 g/mol. The van der Waals surface area contributed by atoms with Gasteiger partial charge < -0.3 is 25.1 Å². The molecule has 3 amide bonds. The number of morpholine rings is 1. The molecule has 1 saturated heterocycles. The SMILES string of the molecule is Cc1ccc(C(=O)Nc2ccc(F)c(NC(=O)CCN3CCOCC3)c2)cc1NC(=O)c1ccco1. The number of carbonyl (C=O) groups excluding carboxylic acids is 3. The Hall–Kier alpha value is -4.02. The van der Waals surface area contributed by atoms with Crippen molar-refractivity contribution in [3.05, 3.63) is 77.5 Å². The second-order valence-electron chi connectivity index (χ2n) is 8.36. The molecule has 36 heavy (non-hydrogen) atoms. The van der Waals surface area contributed by atoms with Crippen LogP contribution >= 0.6 is 0 Å². The topological polar surface area (TPSA) is 113 Å². The Morgan fingerprint density at radius 1 is 0.944 bits per heavy atom. The standard InChI is InChI=1S/C26H27FN4O5/c1-17-4-5-18(15-21(17)30-26(34)23-3-2-12-36-23)25(33)28-19-6-7-20(27)22(16-19)29-24(32)8-9-31-10-13-35-14-11-31/h2-7,12,15-16H,8-11,13-14H2,1H3,(H,28,33)(H,29,32)(H,30,34). The number of anilines is 3. The number of aryl methyl sites for hydroxylation is 1. The van der Waals surface area contributed by atoms with Gasteiger partial charge in [-0.1, -0.05) is 6.07 Å². The zero-order valence-corrected chi connectivity index (χ0v) is 19.8. The van der Waals surface area contributed by atoms with Crippen LogP contribution in [0.5, 0.6) is 0 Å². The Morgan fingerprint density at radius 2 is 1.75 bits per heavy atom. The maximum Gasteiger partial charge on any atom is 0.291 e. The molecular formula is C26H27FN4O5. The first-order chi connectivity index (χ1) is 17.4. The molecule has 3 N–H and O–H groups in total. The Balaban J connectivity index is 1.38. The number of furan rings is 1. The van der Waals surface area contributed by atoms with E-state index in [0.717, 1.165) is 18.7 Å². The van der Waals surface area contributed by atoms with Gasteiger partial charge >= 0.3 is 0 Å². The summed E-state index contributed by atoms with van der Waals surface area (Å²) in [6.07, 6.45) is 1.61. The summed E-state index contributed by atoms with van der Waals surface area (Å²) in [5, 5.41) is 8.00. The first kappa shape index (κ1) is 25.1. The lowest BCUT2D eigenvalue weighted by Gasteiger charge is -2.26. The van der Waals surface area contributed by atoms with Crippen molar-refractivity contribution in [3.8, 4) is 0 Å². The first-order valence-corrected chi connectivity index (χ1v) is 11.6. The van der Waals surface area contributed by atoms with Crippen LogP contribution in [-0.2, 0) is 9.53 Å². The number of carbonyl (C=O) groups is 3. The average Bonchev–Trinajstić information content (AvgIpc) is 3.42. The van der Waals surface area contributed by atoms with Gasteiger partial charge in [-0.25, -0.2) is 4.39 Å². The van der Waals surface area contributed by atoms with Crippen molar-refractivity contribution in [1.29, 1.82) is 0 Å². The summed E-state index contributed by atoms with van der Waals surface area (Å²) in [4.78, 5) is 39.6. The summed E-state index contributed by atoms with van der Waals surface area (Å²) in [6.45, 7) is 5.15. The number of hydrogen-bond acceptors (Lipinski definition) is 6. The van der Waals surface area contributed by atoms with Crippen LogP contribution in [-0.4, -0.2) is 55.5 Å². The van der Waals surface area contributed by atoms with Crippen LogP contribution in [0.4, 0.5) is 21.5 Å². The molecule has 0 bridgehead atoms. The highest BCUT2D eigenvalue weighted by Crippen LogP contribution is 2.22. The second kappa shape index (κ2) is 11.6. The van der Waals surface area contributed by atoms with Crippen LogP contribution in [0.1, 0.15) is 32.9 Å². The number of ether oxygens (including phenoxy) is 1. The molecule has 0 unspecified atom stereocenters. The van der Waals surface area contributed by atoms with Crippen LogP contribution in [0.15, 0.2) is 59.2 Å². The molecule has 9 nitrogen and oxygen atoms in total. The fourth-order valence-corrected chi connectivity index (χ4v) is 3.69. The molecule has 0 spiro atoms. The highest BCUT2D eigenvalue weighted by Gasteiger charge is 2.16. The third kappa shape index (κ3) is 6.55. The maximum atomic E-state index is 14.3. The van der Waals surface area contributed by atoms with Gasteiger partial charge in [-0.15, -0.1) is 0 Å². The van der Waals surface area contributed by atoms with Crippen molar-refractivity contribution < 1.29 is 27.9 Å². The minimum atomic E-state index is -0.606. The summed E-state index contributed by atoms with van der Waals surface area (Å²) < 4.78 is 24.7. The van der Waals surface area contributed by atoms with Gasteiger partial charge in [-0.05, 0) is 55.0 Å². The first-order valence-electron chi connectivity index (χ1n) is 11.6. The average molecular weight is 495 g/mol. The number of amides is 3. The van der Waals surface area contributed by atoms with Gasteiger partial charge in [0.05, 0.1) is 25.2 Å². The monoisotopic (exact) mass is 494 g/mol. The van der Waals surface area contributed by atoms with E-state index >= 15 is 0 Å². The lowest BCUT2D eigenvalue weighted by atomic mass is 10.1. The van der Waals surface area contributed by atoms with Gasteiger partial charge in [0.15, 0.2) is 5.76 Å². The Kier molecular flexibility index (Phi) is 8.09. The van der Waals surface area contributed by atoms with Crippen molar-refractivity contribution in [2.24, 2.45) is 0 Å². The summed E-state index contributed by atoms with van der Waals surface area (Å²) in [5.74, 6) is -1.67. The number of nitrogens with one attached hydrogen (secondary N) is 3. The summed E-state index contributed by atoms with van der Waals surface area (Å²) >= 11 is 0. The number of rotatable bonds is 8. The predicted molar refractivity (Wildman–Crippen MR) is 133 cm³/mol. The molecule has 2 aromatic carbocycles. The highest BCUT2D eigenvalue weighted by molar-refractivity contribution is 6.07. The third-order valence-electron chi connectivity index (χ3n) is 5.75. The predicted octanol–water partition coefficient (Wildman–Crippen LogP) is 3.89. The number of nitrogens with zero attached hydrogens (tertiary/aromatic N) is 1. The Labute approximate surface area is 207 Å². The fraction of sp³-hybridized carbons (Fsp3) is 0.269. The minimum absolute atomic E-state index is 0.0184. The molecule has 3 aromatic rings. The maximum absolute atomic E-state index is 14.3. The lowest BCUT2D eigenvalue weighted by molar-refractivity contribution is -0.116. The lowest BCUT2D eigenvalue weighted by Crippen LogP contribution is -2.38. The number of benzene rings is 2. The van der Waals surface area contributed by atoms with Gasteiger partial charge in [0.1, 0.15) is 5.82 Å². The molecule has 1 fully saturated rings. The summed E-state index contributed by atoms with van der Waals surface area (Å²) in [5.41, 5.74) is 1.80. The molecule has 1 aliphatic rings. The van der Waals surface area contributed by atoms with E-state index in [1.165, 1.54) is 30.5 Å². The van der Waals surface area contributed by atoms with E-state index in [0.29, 0.717) is 31.1 Å². The smallest absolute Gasteiger partial charge is 0.291 e. The highest BCUT2D eigenvalue weighted by atomic mass is 19.1. The second-order valence-corrected chi connectivity index (χ2v) is 8.36. The van der Waals surface area contributed by atoms with E-state index in [4.69, 9.17) is 9.15 Å². The van der Waals surface area contributed by atoms with Gasteiger partial charge in [0.25, 0.3) is 11.8 Å². The van der Waals surface area contributed by atoms with Crippen molar-refractivity contribution in [1.82, 2.24) is 4.90 Å². The zero-order valence-electron chi connectivity index (χ0n) is 19.8. The molecule has 4 rings (SSSR count). The van der Waals surface area contributed by atoms with Crippen LogP contribution < -0.4 is 16.0 Å². The normalized spacial score (nSPS) is 13.7. The van der Waals surface area contributed by atoms with E-state index < -0.39 is 17.6 Å². The molecule has 1 aromatic heterocycles. The van der Waals surface area contributed by atoms with E-state index in [1.807, 2.05) is 0 Å². The molecule has 0 radical (unpaired) electrons. The van der Waals surface area contributed by atoms with E-state index in [9.17, 15) is 18.8 Å². The Bertz CT molecular complexity index is 1240. The van der Waals surface area contributed by atoms with Crippen LogP contribution in [0.25, 0.3) is 0 Å². The molecule has 2 heterocycles. The third-order valence-corrected chi connectivity index (χ3v) is 5.75. The van der Waals surface area contributed by atoms with Gasteiger partial charge in [-0.3, -0.25) is 19.3 Å². The zero-order chi connectivity index (χ0) is 25.5. The molecule has 0 saturated carbocycles. The van der Waals surface area contributed by atoms with Crippen molar-refractivity contribution in [3.63, 3.8) is 0 Å². The quantitative estimate of drug-likeness (QED) is 0.438. The van der Waals surface area contributed by atoms with Crippen molar-refractivity contribution in [2.45, 2.75) is 13.3 Å². The van der Waals surface area contributed by atoms with Crippen LogP contribution in [0.2, 0.25) is 0 Å². The molecule has 188 valence electrons. The summed E-state index contributed by atoms with van der Waals surface area (Å²) in [7, 11) is 0. The molecule has 0 aliphatic carbocycles. The van der Waals surface area contributed by atoms with Crippen molar-refractivity contribution >= 4 is 34.8 Å². The Morgan fingerprint density at radius 3 is 2.50 bits per heavy atom. The van der Waals surface area contributed by atoms with Gasteiger partial charge in [-0.2, -0.15) is 0 Å². The minimum Gasteiger partial charge on any atom is -0.459 e. The molecule has 0 atom stereocenters. The fourth-order valence-electron chi connectivity index (χ4n) is 3.69. The van der Waals surface area contributed by atoms with E-state index in [-0.39, 0.29) is 29.3 Å². The number of halogens is 1. The largest absolute Gasteiger partial charge is 0.459 e. The van der Waals surface area contributed by atoms with Gasteiger partial charge in [0.2, 0.25) is 5.91 Å². The van der Waals surface area contributed by atoms with Crippen LogP contribution in [0, 0.1) is 12.7 Å². The molecule has 10 heteroatoms.